The van der Waals surface area contributed by atoms with Gasteiger partial charge in [0, 0.05) is 44.0 Å². The normalized spacial score (nSPS) is 14.4. The van der Waals surface area contributed by atoms with Gasteiger partial charge in [-0.15, -0.1) is 0 Å². The zero-order valence-corrected chi connectivity index (χ0v) is 17.5. The summed E-state index contributed by atoms with van der Waals surface area (Å²) < 4.78 is 5.65. The van der Waals surface area contributed by atoms with Gasteiger partial charge in [-0.25, -0.2) is 4.79 Å². The lowest BCUT2D eigenvalue weighted by Gasteiger charge is -2.36. The molecule has 0 bridgehead atoms. The van der Waals surface area contributed by atoms with E-state index < -0.39 is 5.97 Å². The van der Waals surface area contributed by atoms with E-state index in [4.69, 9.17) is 9.84 Å². The number of hydrogen-bond acceptors (Lipinski definition) is 5. The quantitative estimate of drug-likeness (QED) is 0.628. The molecular formula is C25H26N2O4. The van der Waals surface area contributed by atoms with Crippen LogP contribution in [0.15, 0.2) is 66.7 Å². The van der Waals surface area contributed by atoms with E-state index in [9.17, 15) is 9.90 Å². The van der Waals surface area contributed by atoms with Crippen LogP contribution in [0.3, 0.4) is 0 Å². The summed E-state index contributed by atoms with van der Waals surface area (Å²) in [4.78, 5) is 15.7. The van der Waals surface area contributed by atoms with Gasteiger partial charge in [-0.2, -0.15) is 0 Å². The van der Waals surface area contributed by atoms with Gasteiger partial charge in [-0.3, -0.25) is 4.90 Å². The molecule has 3 aromatic rings. The van der Waals surface area contributed by atoms with Crippen molar-refractivity contribution in [1.82, 2.24) is 4.90 Å². The molecule has 0 spiro atoms. The number of hydrogen-bond donors (Lipinski definition) is 2. The van der Waals surface area contributed by atoms with Crippen molar-refractivity contribution >= 4 is 11.7 Å². The van der Waals surface area contributed by atoms with Crippen LogP contribution in [-0.4, -0.2) is 54.4 Å². The van der Waals surface area contributed by atoms with Crippen LogP contribution in [0.5, 0.6) is 11.5 Å². The number of nitrogens with zero attached hydrogens (tertiary/aromatic N) is 2. The van der Waals surface area contributed by atoms with Crippen LogP contribution in [0.4, 0.5) is 5.69 Å². The number of rotatable bonds is 6. The van der Waals surface area contributed by atoms with Crippen molar-refractivity contribution in [3.8, 4) is 22.6 Å². The molecule has 0 saturated carbocycles. The summed E-state index contributed by atoms with van der Waals surface area (Å²) in [6.07, 6.45) is 0. The fourth-order valence-corrected chi connectivity index (χ4v) is 3.96. The Bertz CT molecular complexity index is 1060. The van der Waals surface area contributed by atoms with Gasteiger partial charge in [0.05, 0.1) is 12.7 Å². The standard InChI is InChI=1S/C25H26N2O4/c1-31-24-16-20(19-3-2-4-23(28)15-19)5-6-21(24)17-26-11-13-27(14-12-26)22-9-7-18(8-10-22)25(29)30/h2-10,15-16,28H,11-14,17H2,1H3,(H,29,30). The van der Waals surface area contributed by atoms with E-state index >= 15 is 0 Å². The molecule has 0 radical (unpaired) electrons. The van der Waals surface area contributed by atoms with Crippen molar-refractivity contribution in [1.29, 1.82) is 0 Å². The molecular weight excluding hydrogens is 392 g/mol. The van der Waals surface area contributed by atoms with Crippen LogP contribution >= 0.6 is 0 Å². The summed E-state index contributed by atoms with van der Waals surface area (Å²) in [6.45, 7) is 4.40. The molecule has 0 atom stereocenters. The molecule has 1 heterocycles. The fourth-order valence-electron chi connectivity index (χ4n) is 3.96. The Morgan fingerprint density at radius 3 is 2.29 bits per heavy atom. The van der Waals surface area contributed by atoms with E-state index in [0.29, 0.717) is 5.56 Å². The minimum absolute atomic E-state index is 0.246. The van der Waals surface area contributed by atoms with Crippen LogP contribution in [0.1, 0.15) is 15.9 Å². The Morgan fingerprint density at radius 1 is 0.935 bits per heavy atom. The smallest absolute Gasteiger partial charge is 0.335 e. The second-order valence-electron chi connectivity index (χ2n) is 7.69. The second kappa shape index (κ2) is 9.10. The molecule has 0 amide bonds. The number of anilines is 1. The lowest BCUT2D eigenvalue weighted by atomic mass is 10.0. The predicted octanol–water partition coefficient (Wildman–Crippen LogP) is 4.09. The first-order chi connectivity index (χ1) is 15.0. The number of benzene rings is 3. The van der Waals surface area contributed by atoms with Crippen molar-refractivity contribution in [3.05, 3.63) is 77.9 Å². The first kappa shape index (κ1) is 20.8. The van der Waals surface area contributed by atoms with Gasteiger partial charge in [0.25, 0.3) is 0 Å². The van der Waals surface area contributed by atoms with Crippen molar-refractivity contribution in [3.63, 3.8) is 0 Å². The molecule has 6 nitrogen and oxygen atoms in total. The Morgan fingerprint density at radius 2 is 1.65 bits per heavy atom. The number of carbonyl (C=O) groups is 1. The highest BCUT2D eigenvalue weighted by molar-refractivity contribution is 5.88. The maximum Gasteiger partial charge on any atom is 0.335 e. The molecule has 1 aliphatic heterocycles. The number of phenolic OH excluding ortho intramolecular Hbond substituents is 1. The van der Waals surface area contributed by atoms with Crippen LogP contribution in [0.25, 0.3) is 11.1 Å². The zero-order valence-electron chi connectivity index (χ0n) is 17.5. The van der Waals surface area contributed by atoms with Gasteiger partial charge in [-0.05, 0) is 53.6 Å². The molecule has 4 rings (SSSR count). The Labute approximate surface area is 181 Å². The molecule has 6 heteroatoms. The van der Waals surface area contributed by atoms with Crippen LogP contribution in [-0.2, 0) is 6.54 Å². The highest BCUT2D eigenvalue weighted by atomic mass is 16.5. The van der Waals surface area contributed by atoms with Crippen LogP contribution in [0.2, 0.25) is 0 Å². The second-order valence-corrected chi connectivity index (χ2v) is 7.69. The van der Waals surface area contributed by atoms with E-state index in [1.54, 1.807) is 31.4 Å². The molecule has 0 unspecified atom stereocenters. The lowest BCUT2D eigenvalue weighted by molar-refractivity contribution is 0.0697. The monoisotopic (exact) mass is 418 g/mol. The Hall–Kier alpha value is -3.51. The summed E-state index contributed by atoms with van der Waals surface area (Å²) in [5.74, 6) is 0.184. The largest absolute Gasteiger partial charge is 0.508 e. The molecule has 160 valence electrons. The topological polar surface area (TPSA) is 73.2 Å². The first-order valence-electron chi connectivity index (χ1n) is 10.3. The number of aromatic carboxylic acids is 1. The van der Waals surface area contributed by atoms with Crippen molar-refractivity contribution in [2.75, 3.05) is 38.2 Å². The van der Waals surface area contributed by atoms with E-state index in [1.165, 1.54) is 0 Å². The molecule has 2 N–H and O–H groups in total. The number of aromatic hydroxyl groups is 1. The van der Waals surface area contributed by atoms with Gasteiger partial charge in [-0.1, -0.05) is 24.3 Å². The average Bonchev–Trinajstić information content (AvgIpc) is 2.80. The third-order valence-electron chi connectivity index (χ3n) is 5.71. The maximum atomic E-state index is 11.0. The molecule has 0 aromatic heterocycles. The lowest BCUT2D eigenvalue weighted by Crippen LogP contribution is -2.46. The highest BCUT2D eigenvalue weighted by Gasteiger charge is 2.19. The average molecular weight is 418 g/mol. The molecule has 3 aromatic carbocycles. The number of ether oxygens (including phenoxy) is 1. The van der Waals surface area contributed by atoms with Crippen molar-refractivity contribution in [2.24, 2.45) is 0 Å². The minimum atomic E-state index is -0.902. The van der Waals surface area contributed by atoms with Gasteiger partial charge >= 0.3 is 5.97 Å². The van der Waals surface area contributed by atoms with Gasteiger partial charge in [0.15, 0.2) is 0 Å². The number of phenols is 1. The maximum absolute atomic E-state index is 11.0. The third-order valence-corrected chi connectivity index (χ3v) is 5.71. The number of carboxylic acid groups (broad SMARTS) is 1. The van der Waals surface area contributed by atoms with Crippen LogP contribution < -0.4 is 9.64 Å². The van der Waals surface area contributed by atoms with Gasteiger partial charge in [0.1, 0.15) is 11.5 Å². The van der Waals surface area contributed by atoms with Gasteiger partial charge < -0.3 is 19.8 Å². The van der Waals surface area contributed by atoms with E-state index in [1.807, 2.05) is 30.3 Å². The van der Waals surface area contributed by atoms with E-state index in [0.717, 1.165) is 60.9 Å². The molecule has 1 saturated heterocycles. The first-order valence-corrected chi connectivity index (χ1v) is 10.3. The van der Waals surface area contributed by atoms with E-state index in [-0.39, 0.29) is 5.75 Å². The molecule has 31 heavy (non-hydrogen) atoms. The molecule has 1 fully saturated rings. The van der Waals surface area contributed by atoms with Crippen molar-refractivity contribution < 1.29 is 19.7 Å². The predicted molar refractivity (Wildman–Crippen MR) is 121 cm³/mol. The third kappa shape index (κ3) is 4.81. The van der Waals surface area contributed by atoms with E-state index in [2.05, 4.69) is 21.9 Å². The van der Waals surface area contributed by atoms with Gasteiger partial charge in [0.2, 0.25) is 0 Å². The minimum Gasteiger partial charge on any atom is -0.508 e. The number of methoxy groups -OCH3 is 1. The Balaban J connectivity index is 1.40. The molecule has 0 aliphatic carbocycles. The van der Waals surface area contributed by atoms with Crippen molar-refractivity contribution in [2.45, 2.75) is 6.54 Å². The SMILES string of the molecule is COc1cc(-c2cccc(O)c2)ccc1CN1CCN(c2ccc(C(=O)O)cc2)CC1. The van der Waals surface area contributed by atoms with Crippen LogP contribution in [0, 0.1) is 0 Å². The highest BCUT2D eigenvalue weighted by Crippen LogP contribution is 2.30. The summed E-state index contributed by atoms with van der Waals surface area (Å²) in [5.41, 5.74) is 4.45. The molecule has 1 aliphatic rings. The summed E-state index contributed by atoms with van der Waals surface area (Å²) in [5, 5.41) is 18.8. The summed E-state index contributed by atoms with van der Waals surface area (Å²) in [6, 6.07) is 20.4. The number of piperazine rings is 1. The number of carboxylic acids is 1. The summed E-state index contributed by atoms with van der Waals surface area (Å²) in [7, 11) is 1.68. The zero-order chi connectivity index (χ0) is 21.8. The summed E-state index contributed by atoms with van der Waals surface area (Å²) >= 11 is 0. The Kier molecular flexibility index (Phi) is 6.09. The fraction of sp³-hybridized carbons (Fsp3) is 0.240.